The van der Waals surface area contributed by atoms with Crippen molar-refractivity contribution < 1.29 is 9.15 Å². The summed E-state index contributed by atoms with van der Waals surface area (Å²) in [7, 11) is 3.84. The van der Waals surface area contributed by atoms with Gasteiger partial charge in [0.2, 0.25) is 0 Å². The fourth-order valence-electron chi connectivity index (χ4n) is 2.01. The van der Waals surface area contributed by atoms with Crippen molar-refractivity contribution in [3.05, 3.63) is 23.7 Å². The Morgan fingerprint density at radius 2 is 2.53 bits per heavy atom. The van der Waals surface area contributed by atoms with E-state index in [2.05, 4.69) is 17.3 Å². The van der Waals surface area contributed by atoms with E-state index in [1.807, 2.05) is 6.07 Å². The first kappa shape index (κ1) is 10.7. The summed E-state index contributed by atoms with van der Waals surface area (Å²) in [5, 5.41) is 3.38. The fourth-order valence-corrected chi connectivity index (χ4v) is 2.01. The Labute approximate surface area is 90.2 Å². The minimum Gasteiger partial charge on any atom is -0.467 e. The van der Waals surface area contributed by atoms with Crippen LogP contribution in [0.25, 0.3) is 0 Å². The van der Waals surface area contributed by atoms with E-state index in [0.717, 1.165) is 31.0 Å². The molecule has 15 heavy (non-hydrogen) atoms. The summed E-state index contributed by atoms with van der Waals surface area (Å²) in [5.41, 5.74) is 1.15. The van der Waals surface area contributed by atoms with Gasteiger partial charge < -0.3 is 14.5 Å². The van der Waals surface area contributed by atoms with Gasteiger partial charge in [-0.3, -0.25) is 4.90 Å². The standard InChI is InChI=1S/C11H18N2O2/c1-13-5-4-12-7-10(13)11-9(8-14-2)3-6-15-11/h3,6,10,12H,4-5,7-8H2,1-2H3. The Kier molecular flexibility index (Phi) is 3.41. The van der Waals surface area contributed by atoms with Crippen LogP contribution in [0.15, 0.2) is 16.7 Å². The molecular weight excluding hydrogens is 192 g/mol. The van der Waals surface area contributed by atoms with Gasteiger partial charge in [0.15, 0.2) is 0 Å². The minimum absolute atomic E-state index is 0.332. The zero-order valence-corrected chi connectivity index (χ0v) is 9.32. The second kappa shape index (κ2) is 4.79. The topological polar surface area (TPSA) is 37.6 Å². The maximum Gasteiger partial charge on any atom is 0.127 e. The molecule has 1 atom stereocenters. The number of piperazine rings is 1. The highest BCUT2D eigenvalue weighted by Crippen LogP contribution is 2.25. The summed E-state index contributed by atoms with van der Waals surface area (Å²) in [6, 6.07) is 2.32. The van der Waals surface area contributed by atoms with Crippen molar-refractivity contribution in [2.24, 2.45) is 0 Å². The van der Waals surface area contributed by atoms with Crippen LogP contribution >= 0.6 is 0 Å². The lowest BCUT2D eigenvalue weighted by Gasteiger charge is -2.32. The lowest BCUT2D eigenvalue weighted by molar-refractivity contribution is 0.160. The first-order valence-corrected chi connectivity index (χ1v) is 5.29. The van der Waals surface area contributed by atoms with Crippen molar-refractivity contribution in [2.75, 3.05) is 33.8 Å². The quantitative estimate of drug-likeness (QED) is 0.807. The zero-order valence-electron chi connectivity index (χ0n) is 9.32. The van der Waals surface area contributed by atoms with E-state index in [1.165, 1.54) is 0 Å². The Morgan fingerprint density at radius 1 is 1.67 bits per heavy atom. The molecule has 4 nitrogen and oxygen atoms in total. The maximum atomic E-state index is 5.57. The van der Waals surface area contributed by atoms with E-state index in [0.29, 0.717) is 12.6 Å². The molecule has 0 bridgehead atoms. The highest BCUT2D eigenvalue weighted by Gasteiger charge is 2.25. The van der Waals surface area contributed by atoms with Crippen LogP contribution in [0.5, 0.6) is 0 Å². The molecule has 4 heteroatoms. The minimum atomic E-state index is 0.332. The van der Waals surface area contributed by atoms with Crippen LogP contribution in [-0.2, 0) is 11.3 Å². The lowest BCUT2D eigenvalue weighted by atomic mass is 10.1. The van der Waals surface area contributed by atoms with Crippen molar-refractivity contribution >= 4 is 0 Å². The molecule has 1 aromatic rings. The highest BCUT2D eigenvalue weighted by atomic mass is 16.5. The van der Waals surface area contributed by atoms with Crippen LogP contribution in [0, 0.1) is 0 Å². The summed E-state index contributed by atoms with van der Waals surface area (Å²) >= 11 is 0. The summed E-state index contributed by atoms with van der Waals surface area (Å²) in [5.74, 6) is 1.03. The molecule has 1 aliphatic rings. The Morgan fingerprint density at radius 3 is 3.27 bits per heavy atom. The number of likely N-dealkylation sites (N-methyl/N-ethyl adjacent to an activating group) is 1. The van der Waals surface area contributed by atoms with Gasteiger partial charge in [-0.25, -0.2) is 0 Å². The summed E-state index contributed by atoms with van der Waals surface area (Å²) in [4.78, 5) is 2.31. The number of furan rings is 1. The molecule has 0 aliphatic carbocycles. The molecule has 2 heterocycles. The number of hydrogen-bond acceptors (Lipinski definition) is 4. The SMILES string of the molecule is COCc1ccoc1C1CNCCN1C. The second-order valence-corrected chi connectivity index (χ2v) is 3.94. The normalized spacial score (nSPS) is 23.2. The molecule has 1 aliphatic heterocycles. The van der Waals surface area contributed by atoms with Crippen molar-refractivity contribution in [3.63, 3.8) is 0 Å². The number of nitrogens with zero attached hydrogens (tertiary/aromatic N) is 1. The highest BCUT2D eigenvalue weighted by molar-refractivity contribution is 5.20. The third-order valence-corrected chi connectivity index (χ3v) is 2.89. The van der Waals surface area contributed by atoms with E-state index >= 15 is 0 Å². The van der Waals surface area contributed by atoms with E-state index in [4.69, 9.17) is 9.15 Å². The van der Waals surface area contributed by atoms with Gasteiger partial charge in [0.25, 0.3) is 0 Å². The second-order valence-electron chi connectivity index (χ2n) is 3.94. The summed E-state index contributed by atoms with van der Waals surface area (Å²) < 4.78 is 10.7. The number of hydrogen-bond donors (Lipinski definition) is 1. The molecule has 1 saturated heterocycles. The lowest BCUT2D eigenvalue weighted by Crippen LogP contribution is -2.43. The third kappa shape index (κ3) is 2.22. The number of methoxy groups -OCH3 is 1. The average molecular weight is 210 g/mol. The average Bonchev–Trinajstić information content (AvgIpc) is 2.67. The van der Waals surface area contributed by atoms with Crippen LogP contribution < -0.4 is 5.32 Å². The zero-order chi connectivity index (χ0) is 10.7. The van der Waals surface area contributed by atoms with Crippen LogP contribution in [-0.4, -0.2) is 38.7 Å². The molecule has 1 N–H and O–H groups in total. The molecule has 84 valence electrons. The summed E-state index contributed by atoms with van der Waals surface area (Å²) in [6.07, 6.45) is 1.74. The van der Waals surface area contributed by atoms with Gasteiger partial charge >= 0.3 is 0 Å². The van der Waals surface area contributed by atoms with E-state index in [-0.39, 0.29) is 0 Å². The molecule has 1 fully saturated rings. The van der Waals surface area contributed by atoms with E-state index in [1.54, 1.807) is 13.4 Å². The number of ether oxygens (including phenoxy) is 1. The number of nitrogens with one attached hydrogen (secondary N) is 1. The smallest absolute Gasteiger partial charge is 0.127 e. The van der Waals surface area contributed by atoms with Crippen molar-refractivity contribution in [1.82, 2.24) is 10.2 Å². The van der Waals surface area contributed by atoms with Gasteiger partial charge in [0.1, 0.15) is 5.76 Å². The molecule has 2 rings (SSSR count). The maximum absolute atomic E-state index is 5.57. The first-order valence-electron chi connectivity index (χ1n) is 5.29. The van der Waals surface area contributed by atoms with Crippen molar-refractivity contribution in [3.8, 4) is 0 Å². The number of rotatable bonds is 3. The third-order valence-electron chi connectivity index (χ3n) is 2.89. The van der Waals surface area contributed by atoms with Crippen molar-refractivity contribution in [1.29, 1.82) is 0 Å². The molecule has 0 saturated carbocycles. The first-order chi connectivity index (χ1) is 7.33. The van der Waals surface area contributed by atoms with Crippen LogP contribution in [0.3, 0.4) is 0 Å². The molecule has 0 radical (unpaired) electrons. The monoisotopic (exact) mass is 210 g/mol. The molecule has 1 unspecified atom stereocenters. The Hall–Kier alpha value is -0.840. The summed E-state index contributed by atoms with van der Waals surface area (Å²) in [6.45, 7) is 3.67. The Balaban J connectivity index is 2.15. The van der Waals surface area contributed by atoms with E-state index in [9.17, 15) is 0 Å². The van der Waals surface area contributed by atoms with Crippen molar-refractivity contribution in [2.45, 2.75) is 12.6 Å². The van der Waals surface area contributed by atoms with Crippen LogP contribution in [0.2, 0.25) is 0 Å². The predicted octanol–water partition coefficient (Wildman–Crippen LogP) is 1.00. The largest absolute Gasteiger partial charge is 0.467 e. The van der Waals surface area contributed by atoms with Crippen LogP contribution in [0.1, 0.15) is 17.4 Å². The van der Waals surface area contributed by atoms with Crippen LogP contribution in [0.4, 0.5) is 0 Å². The van der Waals surface area contributed by atoms with Gasteiger partial charge in [-0.1, -0.05) is 0 Å². The predicted molar refractivity (Wildman–Crippen MR) is 57.7 cm³/mol. The van der Waals surface area contributed by atoms with Gasteiger partial charge in [-0.15, -0.1) is 0 Å². The van der Waals surface area contributed by atoms with E-state index < -0.39 is 0 Å². The molecule has 0 amide bonds. The molecule has 1 aromatic heterocycles. The molecular formula is C11H18N2O2. The van der Waals surface area contributed by atoms with Gasteiger partial charge in [0.05, 0.1) is 18.9 Å². The Bertz CT molecular complexity index is 311. The molecule has 0 aromatic carbocycles. The van der Waals surface area contributed by atoms with Gasteiger partial charge in [0, 0.05) is 32.3 Å². The van der Waals surface area contributed by atoms with Gasteiger partial charge in [-0.05, 0) is 13.1 Å². The fraction of sp³-hybridized carbons (Fsp3) is 0.636. The van der Waals surface area contributed by atoms with Gasteiger partial charge in [-0.2, -0.15) is 0 Å². The molecule has 0 spiro atoms.